The fourth-order valence-electron chi connectivity index (χ4n) is 2.94. The molecule has 0 radical (unpaired) electrons. The molecule has 1 fully saturated rings. The number of imidazole rings is 1. The van der Waals surface area contributed by atoms with Crippen molar-refractivity contribution in [3.63, 3.8) is 0 Å². The molecule has 8 nitrogen and oxygen atoms in total. The van der Waals surface area contributed by atoms with Crippen molar-refractivity contribution in [1.29, 1.82) is 0 Å². The number of benzene rings is 1. The first-order chi connectivity index (χ1) is 12.7. The van der Waals surface area contributed by atoms with Crippen LogP contribution in [-0.4, -0.2) is 44.6 Å². The molecule has 2 aromatic heterocycles. The fraction of sp³-hybridized carbons (Fsp3) is 0.353. The van der Waals surface area contributed by atoms with E-state index in [0.29, 0.717) is 33.6 Å². The number of phenols is 1. The molecule has 3 aromatic rings. The molecule has 3 heterocycles. The molecule has 9 heteroatoms. The maximum absolute atomic E-state index is 10.2. The van der Waals surface area contributed by atoms with Crippen LogP contribution in [0.5, 0.6) is 11.5 Å². The van der Waals surface area contributed by atoms with Crippen LogP contribution in [0.1, 0.15) is 19.1 Å². The lowest BCUT2D eigenvalue weighted by Gasteiger charge is -2.13. The van der Waals surface area contributed by atoms with Crippen molar-refractivity contribution in [2.75, 3.05) is 25.3 Å². The SMILES string of the molecule is COc1ccc(O)c(Nc2nc(SC)nc3c2ncn3C2CCCO2)c1. The molecule has 26 heavy (non-hydrogen) atoms. The van der Waals surface area contributed by atoms with Crippen molar-refractivity contribution < 1.29 is 14.6 Å². The summed E-state index contributed by atoms with van der Waals surface area (Å²) in [6, 6.07) is 4.97. The Morgan fingerprint density at radius 1 is 1.38 bits per heavy atom. The van der Waals surface area contributed by atoms with Crippen LogP contribution in [0.15, 0.2) is 29.7 Å². The number of thioether (sulfide) groups is 1. The number of rotatable bonds is 5. The van der Waals surface area contributed by atoms with E-state index in [1.165, 1.54) is 11.8 Å². The third-order valence-electron chi connectivity index (χ3n) is 4.26. The number of phenolic OH excluding ortho intramolecular Hbond substituents is 1. The molecule has 1 atom stereocenters. The van der Waals surface area contributed by atoms with Gasteiger partial charge < -0.3 is 19.9 Å². The zero-order valence-electron chi connectivity index (χ0n) is 14.5. The molecule has 1 aromatic carbocycles. The van der Waals surface area contributed by atoms with E-state index < -0.39 is 0 Å². The predicted molar refractivity (Wildman–Crippen MR) is 99.3 cm³/mol. The van der Waals surface area contributed by atoms with Crippen LogP contribution in [-0.2, 0) is 4.74 Å². The Kier molecular flexibility index (Phi) is 4.56. The van der Waals surface area contributed by atoms with Crippen molar-refractivity contribution in [3.8, 4) is 11.5 Å². The first kappa shape index (κ1) is 16.9. The zero-order valence-corrected chi connectivity index (χ0v) is 15.3. The number of hydrogen-bond acceptors (Lipinski definition) is 8. The van der Waals surface area contributed by atoms with E-state index in [4.69, 9.17) is 9.47 Å². The van der Waals surface area contributed by atoms with Gasteiger partial charge in [-0.2, -0.15) is 0 Å². The molecule has 0 spiro atoms. The number of ether oxygens (including phenoxy) is 2. The van der Waals surface area contributed by atoms with Gasteiger partial charge in [0, 0.05) is 12.7 Å². The quantitative estimate of drug-likeness (QED) is 0.400. The summed E-state index contributed by atoms with van der Waals surface area (Å²) < 4.78 is 12.9. The number of anilines is 2. The minimum absolute atomic E-state index is 0.0531. The molecule has 0 amide bonds. The number of hydrogen-bond donors (Lipinski definition) is 2. The summed E-state index contributed by atoms with van der Waals surface area (Å²) in [5, 5.41) is 13.9. The molecule has 0 bridgehead atoms. The maximum atomic E-state index is 10.2. The van der Waals surface area contributed by atoms with Gasteiger partial charge in [0.25, 0.3) is 0 Å². The zero-order chi connectivity index (χ0) is 18.1. The second-order valence-electron chi connectivity index (χ2n) is 5.86. The van der Waals surface area contributed by atoms with Gasteiger partial charge in [-0.3, -0.25) is 4.57 Å². The highest BCUT2D eigenvalue weighted by molar-refractivity contribution is 7.98. The Morgan fingerprint density at radius 2 is 2.27 bits per heavy atom. The number of fused-ring (bicyclic) bond motifs is 1. The summed E-state index contributed by atoms with van der Waals surface area (Å²) in [4.78, 5) is 13.6. The molecule has 0 aliphatic carbocycles. The molecule has 136 valence electrons. The Bertz CT molecular complexity index is 940. The van der Waals surface area contributed by atoms with E-state index in [2.05, 4.69) is 20.3 Å². The van der Waals surface area contributed by atoms with Crippen molar-refractivity contribution in [2.24, 2.45) is 0 Å². The first-order valence-electron chi connectivity index (χ1n) is 8.24. The lowest BCUT2D eigenvalue weighted by molar-refractivity contribution is 0.0592. The summed E-state index contributed by atoms with van der Waals surface area (Å²) in [6.07, 6.45) is 5.55. The summed E-state index contributed by atoms with van der Waals surface area (Å²) in [5.41, 5.74) is 1.82. The number of nitrogens with zero attached hydrogens (tertiary/aromatic N) is 4. The van der Waals surface area contributed by atoms with Gasteiger partial charge in [-0.1, -0.05) is 11.8 Å². The standard InChI is InChI=1S/C17H19N5O3S/c1-24-10-5-6-12(23)11(8-10)19-15-14-16(21-17(20-15)26-2)22(9-18-14)13-4-3-7-25-13/h5-6,8-9,13,23H,3-4,7H2,1-2H3,(H,19,20,21). The maximum Gasteiger partial charge on any atom is 0.191 e. The molecule has 1 aliphatic rings. The topological polar surface area (TPSA) is 94.3 Å². The monoisotopic (exact) mass is 373 g/mol. The minimum atomic E-state index is -0.0531. The highest BCUT2D eigenvalue weighted by Crippen LogP contribution is 2.34. The van der Waals surface area contributed by atoms with Crippen molar-refractivity contribution in [2.45, 2.75) is 24.2 Å². The highest BCUT2D eigenvalue weighted by atomic mass is 32.2. The van der Waals surface area contributed by atoms with Crippen molar-refractivity contribution >= 4 is 34.4 Å². The molecule has 2 N–H and O–H groups in total. The Hall–Kier alpha value is -2.52. The fourth-order valence-corrected chi connectivity index (χ4v) is 3.30. The molecular weight excluding hydrogens is 354 g/mol. The van der Waals surface area contributed by atoms with Crippen LogP contribution in [0.3, 0.4) is 0 Å². The average molecular weight is 373 g/mol. The third kappa shape index (κ3) is 3.04. The van der Waals surface area contributed by atoms with E-state index in [-0.39, 0.29) is 12.0 Å². The molecule has 1 aliphatic heterocycles. The predicted octanol–water partition coefficient (Wildman–Crippen LogP) is 3.32. The van der Waals surface area contributed by atoms with Crippen LogP contribution < -0.4 is 10.1 Å². The summed E-state index contributed by atoms with van der Waals surface area (Å²) in [7, 11) is 1.58. The van der Waals surface area contributed by atoms with Crippen LogP contribution >= 0.6 is 11.8 Å². The van der Waals surface area contributed by atoms with E-state index in [1.807, 2.05) is 10.8 Å². The molecule has 1 saturated heterocycles. The molecule has 4 rings (SSSR count). The molecule has 1 unspecified atom stereocenters. The Labute approximate surface area is 154 Å². The van der Waals surface area contributed by atoms with E-state index in [1.54, 1.807) is 31.6 Å². The van der Waals surface area contributed by atoms with Crippen molar-refractivity contribution in [1.82, 2.24) is 19.5 Å². The summed E-state index contributed by atoms with van der Waals surface area (Å²) in [5.74, 6) is 1.26. The largest absolute Gasteiger partial charge is 0.506 e. The molecule has 0 saturated carbocycles. The average Bonchev–Trinajstić information content (AvgIpc) is 3.32. The van der Waals surface area contributed by atoms with Gasteiger partial charge in [0.15, 0.2) is 22.1 Å². The summed E-state index contributed by atoms with van der Waals surface area (Å²) >= 11 is 1.44. The van der Waals surface area contributed by atoms with E-state index in [9.17, 15) is 5.11 Å². The van der Waals surface area contributed by atoms with Crippen LogP contribution in [0, 0.1) is 0 Å². The lowest BCUT2D eigenvalue weighted by Crippen LogP contribution is -2.07. The van der Waals surface area contributed by atoms with E-state index >= 15 is 0 Å². The first-order valence-corrected chi connectivity index (χ1v) is 9.46. The van der Waals surface area contributed by atoms with Gasteiger partial charge in [0.2, 0.25) is 0 Å². The normalized spacial score (nSPS) is 16.9. The lowest BCUT2D eigenvalue weighted by atomic mass is 10.2. The Balaban J connectivity index is 1.79. The van der Waals surface area contributed by atoms with E-state index in [0.717, 1.165) is 19.4 Å². The van der Waals surface area contributed by atoms with Crippen LogP contribution in [0.2, 0.25) is 0 Å². The second kappa shape index (κ2) is 7.00. The second-order valence-corrected chi connectivity index (χ2v) is 6.63. The van der Waals surface area contributed by atoms with Gasteiger partial charge in [0.05, 0.1) is 19.1 Å². The van der Waals surface area contributed by atoms with Gasteiger partial charge in [-0.05, 0) is 31.2 Å². The number of aromatic hydroxyl groups is 1. The number of nitrogens with one attached hydrogen (secondary N) is 1. The number of aromatic nitrogens is 4. The van der Waals surface area contributed by atoms with Gasteiger partial charge in [0.1, 0.15) is 17.7 Å². The Morgan fingerprint density at radius 3 is 3.00 bits per heavy atom. The van der Waals surface area contributed by atoms with Gasteiger partial charge in [-0.15, -0.1) is 0 Å². The summed E-state index contributed by atoms with van der Waals surface area (Å²) in [6.45, 7) is 0.744. The minimum Gasteiger partial charge on any atom is -0.506 e. The van der Waals surface area contributed by atoms with Gasteiger partial charge >= 0.3 is 0 Å². The van der Waals surface area contributed by atoms with Gasteiger partial charge in [-0.25, -0.2) is 15.0 Å². The third-order valence-corrected chi connectivity index (χ3v) is 4.80. The molecular formula is C17H19N5O3S. The smallest absolute Gasteiger partial charge is 0.191 e. The highest BCUT2D eigenvalue weighted by Gasteiger charge is 2.22. The number of methoxy groups -OCH3 is 1. The van der Waals surface area contributed by atoms with Crippen LogP contribution in [0.25, 0.3) is 11.2 Å². The van der Waals surface area contributed by atoms with Crippen LogP contribution in [0.4, 0.5) is 11.5 Å². The van der Waals surface area contributed by atoms with Crippen molar-refractivity contribution in [3.05, 3.63) is 24.5 Å².